The molecule has 1 atom stereocenters. The predicted molar refractivity (Wildman–Crippen MR) is 84.6 cm³/mol. The number of hydrogen-bond donors (Lipinski definition) is 0. The second-order valence-electron chi connectivity index (χ2n) is 5.41. The Morgan fingerprint density at radius 3 is 1.89 bits per heavy atom. The summed E-state index contributed by atoms with van der Waals surface area (Å²) in [7, 11) is 0. The zero-order valence-corrected chi connectivity index (χ0v) is 16.3. The number of rotatable bonds is 12. The Labute approximate surface area is 128 Å². The van der Waals surface area contributed by atoms with Gasteiger partial charge in [-0.15, -0.1) is 0 Å². The van der Waals surface area contributed by atoms with Gasteiger partial charge >= 0.3 is 128 Å². The molecule has 0 aromatic rings. The van der Waals surface area contributed by atoms with Crippen molar-refractivity contribution in [3.63, 3.8) is 0 Å². The summed E-state index contributed by atoms with van der Waals surface area (Å²) in [5, 5.41) is 0. The molecule has 0 aromatic carbocycles. The van der Waals surface area contributed by atoms with Crippen LogP contribution in [0.5, 0.6) is 0 Å². The van der Waals surface area contributed by atoms with Crippen LogP contribution in [0.4, 0.5) is 0 Å². The van der Waals surface area contributed by atoms with Crippen molar-refractivity contribution in [2.45, 2.75) is 87.9 Å². The average Bonchev–Trinajstić information content (AvgIpc) is 2.42. The normalized spacial score (nSPS) is 12.7. The van der Waals surface area contributed by atoms with Gasteiger partial charge in [-0.2, -0.15) is 0 Å². The van der Waals surface area contributed by atoms with E-state index in [1.165, 1.54) is 41.0 Å². The van der Waals surface area contributed by atoms with E-state index < -0.39 is 20.2 Å². The molecule has 2 nitrogen and oxygen atoms in total. The van der Waals surface area contributed by atoms with Crippen LogP contribution in [-0.2, 0) is 7.87 Å². The van der Waals surface area contributed by atoms with E-state index >= 15 is 0 Å². The Morgan fingerprint density at radius 2 is 1.47 bits per heavy atom. The third-order valence-electron chi connectivity index (χ3n) is 3.60. The summed E-state index contributed by atoms with van der Waals surface area (Å²) in [6, 6.07) is 0. The SMILES string of the molecule is CCCCC(CC)C(=O)[O][Sn]([CH2]CCC)[CH2]CCC. The Hall–Kier alpha value is 0.269. The first-order valence-corrected chi connectivity index (χ1v) is 13.5. The van der Waals surface area contributed by atoms with Crippen molar-refractivity contribution in [1.29, 1.82) is 0 Å². The molecule has 0 bridgehead atoms. The molecule has 0 saturated heterocycles. The summed E-state index contributed by atoms with van der Waals surface area (Å²) in [6.45, 7) is 8.74. The Kier molecular flexibility index (Phi) is 13.4. The number of unbranched alkanes of at least 4 members (excludes halogenated alkanes) is 3. The van der Waals surface area contributed by atoms with Crippen molar-refractivity contribution in [3.8, 4) is 0 Å². The second kappa shape index (κ2) is 13.3. The fourth-order valence-electron chi connectivity index (χ4n) is 2.14. The molecule has 0 aliphatic rings. The third kappa shape index (κ3) is 9.75. The first-order chi connectivity index (χ1) is 9.19. The van der Waals surface area contributed by atoms with E-state index in [-0.39, 0.29) is 11.9 Å². The number of hydrogen-bond acceptors (Lipinski definition) is 2. The standard InChI is InChI=1S/C8H16O2.2C4H9.Sn/c1-3-5-6-7(4-2)8(9)10;2*1-3-4-2;/h7H,3-6H2,1-2H3,(H,9,10);2*1,3-4H2,2H3;/q;;;+1/p-1. The summed E-state index contributed by atoms with van der Waals surface area (Å²) in [5.74, 6) is 0.302. The third-order valence-corrected chi connectivity index (χ3v) is 10.2. The van der Waals surface area contributed by atoms with Crippen LogP contribution in [0.3, 0.4) is 0 Å². The van der Waals surface area contributed by atoms with Gasteiger partial charge in [0.25, 0.3) is 0 Å². The average molecular weight is 376 g/mol. The molecule has 0 spiro atoms. The van der Waals surface area contributed by atoms with Gasteiger partial charge in [-0.25, -0.2) is 0 Å². The van der Waals surface area contributed by atoms with E-state index in [9.17, 15) is 4.79 Å². The molecule has 0 N–H and O–H groups in total. The van der Waals surface area contributed by atoms with Crippen LogP contribution in [0.25, 0.3) is 0 Å². The molecule has 19 heavy (non-hydrogen) atoms. The molecule has 0 aliphatic carbocycles. The predicted octanol–water partition coefficient (Wildman–Crippen LogP) is 5.34. The van der Waals surface area contributed by atoms with E-state index in [4.69, 9.17) is 3.07 Å². The van der Waals surface area contributed by atoms with Crippen LogP contribution in [0.2, 0.25) is 8.87 Å². The van der Waals surface area contributed by atoms with E-state index in [2.05, 4.69) is 27.7 Å². The summed E-state index contributed by atoms with van der Waals surface area (Å²) in [6.07, 6.45) is 9.22. The van der Waals surface area contributed by atoms with Crippen LogP contribution < -0.4 is 0 Å². The zero-order valence-electron chi connectivity index (χ0n) is 13.5. The van der Waals surface area contributed by atoms with Gasteiger partial charge in [0.2, 0.25) is 0 Å². The van der Waals surface area contributed by atoms with E-state index in [0.717, 1.165) is 19.3 Å². The minimum absolute atomic E-state index is 0.137. The van der Waals surface area contributed by atoms with Gasteiger partial charge in [0.15, 0.2) is 0 Å². The van der Waals surface area contributed by atoms with Gasteiger partial charge in [0.1, 0.15) is 0 Å². The van der Waals surface area contributed by atoms with Crippen molar-refractivity contribution in [2.75, 3.05) is 0 Å². The van der Waals surface area contributed by atoms with Crippen LogP contribution in [0, 0.1) is 5.92 Å². The van der Waals surface area contributed by atoms with Gasteiger partial charge in [-0.05, 0) is 0 Å². The molecule has 0 saturated carbocycles. The van der Waals surface area contributed by atoms with Crippen molar-refractivity contribution < 1.29 is 7.87 Å². The van der Waals surface area contributed by atoms with Crippen LogP contribution in [-0.4, -0.2) is 26.1 Å². The van der Waals surface area contributed by atoms with Gasteiger partial charge in [0, 0.05) is 0 Å². The van der Waals surface area contributed by atoms with Gasteiger partial charge in [-0.3, -0.25) is 0 Å². The van der Waals surface area contributed by atoms with Crippen LogP contribution in [0.15, 0.2) is 0 Å². The molecule has 113 valence electrons. The fourth-order valence-corrected chi connectivity index (χ4v) is 8.99. The summed E-state index contributed by atoms with van der Waals surface area (Å²) in [4.78, 5) is 12.2. The van der Waals surface area contributed by atoms with Gasteiger partial charge in [-0.1, -0.05) is 0 Å². The Morgan fingerprint density at radius 1 is 0.947 bits per heavy atom. The minimum atomic E-state index is -1.88. The molecule has 3 heteroatoms. The monoisotopic (exact) mass is 377 g/mol. The maximum atomic E-state index is 12.2. The maximum absolute atomic E-state index is 12.2. The molecule has 0 amide bonds. The van der Waals surface area contributed by atoms with Crippen molar-refractivity contribution >= 4 is 26.1 Å². The Balaban J connectivity index is 4.23. The molecule has 0 aromatic heterocycles. The van der Waals surface area contributed by atoms with Gasteiger partial charge < -0.3 is 0 Å². The number of carbonyl (C=O) groups is 1. The van der Waals surface area contributed by atoms with Crippen molar-refractivity contribution in [1.82, 2.24) is 0 Å². The second-order valence-corrected chi connectivity index (χ2v) is 11.9. The molecule has 0 fully saturated rings. The summed E-state index contributed by atoms with van der Waals surface area (Å²) in [5.41, 5.74) is 0. The molecule has 0 rings (SSSR count). The van der Waals surface area contributed by atoms with Crippen molar-refractivity contribution in [3.05, 3.63) is 0 Å². The first-order valence-electron chi connectivity index (χ1n) is 8.25. The topological polar surface area (TPSA) is 26.3 Å². The molecule has 0 aliphatic heterocycles. The molecule has 1 unspecified atom stereocenters. The molecule has 1 radical (unpaired) electrons. The van der Waals surface area contributed by atoms with Crippen LogP contribution in [0.1, 0.15) is 79.1 Å². The zero-order chi connectivity index (χ0) is 14.5. The molecule has 0 heterocycles. The summed E-state index contributed by atoms with van der Waals surface area (Å²) < 4.78 is 8.42. The quantitative estimate of drug-likeness (QED) is 0.430. The van der Waals surface area contributed by atoms with Crippen LogP contribution >= 0.6 is 0 Å². The van der Waals surface area contributed by atoms with Gasteiger partial charge in [0.05, 0.1) is 0 Å². The van der Waals surface area contributed by atoms with E-state index in [1.54, 1.807) is 0 Å². The first kappa shape index (κ1) is 19.3. The van der Waals surface area contributed by atoms with E-state index in [0.29, 0.717) is 0 Å². The molecular formula is C16H33O2Sn. The van der Waals surface area contributed by atoms with Crippen molar-refractivity contribution in [2.24, 2.45) is 5.92 Å². The molecular weight excluding hydrogens is 343 g/mol. The summed E-state index contributed by atoms with van der Waals surface area (Å²) >= 11 is -1.88. The Bertz CT molecular complexity index is 211. The number of carbonyl (C=O) groups excluding carboxylic acids is 1. The fraction of sp³-hybridized carbons (Fsp3) is 0.938. The van der Waals surface area contributed by atoms with E-state index in [1.807, 2.05) is 0 Å².